The number of aliphatic carboxylic acids is 1. The fourth-order valence-electron chi connectivity index (χ4n) is 0.817. The van der Waals surface area contributed by atoms with E-state index in [0.29, 0.717) is 0 Å². The van der Waals surface area contributed by atoms with E-state index >= 15 is 0 Å². The Bertz CT molecular complexity index is 454. The summed E-state index contributed by atoms with van der Waals surface area (Å²) in [5, 5.41) is 10.9. The van der Waals surface area contributed by atoms with E-state index in [1.54, 1.807) is 0 Å². The van der Waals surface area contributed by atoms with E-state index in [4.69, 9.17) is 10.6 Å². The third-order valence-electron chi connectivity index (χ3n) is 1.31. The highest BCUT2D eigenvalue weighted by atomic mass is 16.4. The first-order valence-corrected chi connectivity index (χ1v) is 3.84. The van der Waals surface area contributed by atoms with E-state index in [1.807, 2.05) is 0 Å². The quantitative estimate of drug-likeness (QED) is 0.766. The Hall–Kier alpha value is -1.84. The van der Waals surface area contributed by atoms with Crippen molar-refractivity contribution in [2.45, 2.75) is 13.3 Å². The van der Waals surface area contributed by atoms with Gasteiger partial charge in [-0.15, -0.1) is 0 Å². The number of hydrogen-bond donors (Lipinski definition) is 2. The average molecular weight is 197 g/mol. The molecule has 0 atom stereocenters. The Labute approximate surface area is 87.2 Å². The van der Waals surface area contributed by atoms with Crippen LogP contribution in [0.15, 0.2) is 24.2 Å². The van der Waals surface area contributed by atoms with Crippen molar-refractivity contribution < 1.29 is 20.2 Å². The average Bonchev–Trinajstić information content (AvgIpc) is 2.27. The fourth-order valence-corrected chi connectivity index (χ4v) is 0.817. The highest BCUT2D eigenvalue weighted by Crippen LogP contribution is 2.09. The predicted molar refractivity (Wildman–Crippen MR) is 52.1 cm³/mol. The Morgan fingerprint density at radius 3 is 2.43 bits per heavy atom. The minimum Gasteiger partial charge on any atom is -0.481 e. The van der Waals surface area contributed by atoms with Gasteiger partial charge in [-0.05, 0) is 17.6 Å². The van der Waals surface area contributed by atoms with Gasteiger partial charge in [-0.3, -0.25) is 9.59 Å². The van der Waals surface area contributed by atoms with Crippen LogP contribution in [-0.4, -0.2) is 17.0 Å². The molecule has 0 aliphatic heterocycles. The number of carboxylic acid groups (broad SMARTS) is 1. The molecule has 2 N–H and O–H groups in total. The van der Waals surface area contributed by atoms with E-state index in [9.17, 15) is 9.59 Å². The molecular weight excluding hydrogens is 182 g/mol. The van der Waals surface area contributed by atoms with Crippen molar-refractivity contribution in [2.24, 2.45) is 0 Å². The maximum Gasteiger partial charge on any atom is 0.307 e. The maximum absolute atomic E-state index is 10.9. The molecular formula is C10H11NO3. The lowest BCUT2D eigenvalue weighted by atomic mass is 10.1. The molecule has 0 unspecified atom stereocenters. The van der Waals surface area contributed by atoms with Gasteiger partial charge >= 0.3 is 5.97 Å². The molecule has 4 heteroatoms. The van der Waals surface area contributed by atoms with Crippen molar-refractivity contribution in [1.82, 2.24) is 0 Å². The van der Waals surface area contributed by atoms with Gasteiger partial charge in [0.25, 0.3) is 0 Å². The van der Waals surface area contributed by atoms with Crippen LogP contribution in [0.4, 0.5) is 5.69 Å². The molecule has 0 heterocycles. The smallest absolute Gasteiger partial charge is 0.307 e. The molecule has 0 saturated heterocycles. The summed E-state index contributed by atoms with van der Waals surface area (Å²) in [7, 11) is 0. The molecule has 1 aromatic rings. The lowest BCUT2D eigenvalue weighted by Crippen LogP contribution is -2.06. The second-order valence-corrected chi connectivity index (χ2v) is 2.61. The molecule has 14 heavy (non-hydrogen) atoms. The van der Waals surface area contributed by atoms with Crippen molar-refractivity contribution in [1.29, 1.82) is 0 Å². The molecule has 1 aromatic carbocycles. The van der Waals surface area contributed by atoms with Crippen LogP contribution in [0.2, 0.25) is 0 Å². The largest absolute Gasteiger partial charge is 0.481 e. The van der Waals surface area contributed by atoms with Crippen molar-refractivity contribution in [3.8, 4) is 0 Å². The number of carbonyl (C=O) groups excluding carboxylic acids is 1. The summed E-state index contributed by atoms with van der Waals surface area (Å²) in [4.78, 5) is 21.5. The highest BCUT2D eigenvalue weighted by molar-refractivity contribution is 5.88. The van der Waals surface area contributed by atoms with E-state index in [0.717, 1.165) is 0 Å². The molecule has 0 fully saturated rings. The lowest BCUT2D eigenvalue weighted by molar-refractivity contribution is -0.136. The normalized spacial score (nSPS) is 13.5. The van der Waals surface area contributed by atoms with Crippen LogP contribution < -0.4 is 5.32 Å². The summed E-state index contributed by atoms with van der Waals surface area (Å²) in [6.07, 6.45) is -0.601. The standard InChI is InChI=1S/C10H11NO3/c1-7(12)11-9-4-2-8(3-5-9)6-10(13)14/h2-5H,6H2,1H3,(H,11,12)(H,13,14)/i2D,3D,4D,5D. The van der Waals surface area contributed by atoms with E-state index < -0.39 is 42.5 Å². The molecule has 0 aliphatic rings. The first-order chi connectivity index (χ1) is 8.25. The monoisotopic (exact) mass is 197 g/mol. The van der Waals surface area contributed by atoms with Crippen molar-refractivity contribution >= 4 is 17.6 Å². The Morgan fingerprint density at radius 1 is 1.43 bits per heavy atom. The zero-order chi connectivity index (χ0) is 14.0. The molecule has 0 radical (unpaired) electrons. The van der Waals surface area contributed by atoms with Gasteiger partial charge in [0.1, 0.15) is 0 Å². The van der Waals surface area contributed by atoms with Crippen LogP contribution in [-0.2, 0) is 16.0 Å². The second kappa shape index (κ2) is 4.41. The van der Waals surface area contributed by atoms with Gasteiger partial charge in [-0.1, -0.05) is 12.1 Å². The van der Waals surface area contributed by atoms with Gasteiger partial charge in [-0.2, -0.15) is 0 Å². The Morgan fingerprint density at radius 2 is 2.00 bits per heavy atom. The van der Waals surface area contributed by atoms with Gasteiger partial charge in [0.05, 0.1) is 11.9 Å². The van der Waals surface area contributed by atoms with E-state index in [2.05, 4.69) is 5.32 Å². The summed E-state index contributed by atoms with van der Waals surface area (Å²) in [5.74, 6) is -1.77. The molecule has 4 nitrogen and oxygen atoms in total. The number of carbonyl (C=O) groups is 2. The van der Waals surface area contributed by atoms with Crippen LogP contribution in [0.25, 0.3) is 0 Å². The predicted octanol–water partition coefficient (Wildman–Crippen LogP) is 1.27. The summed E-state index contributed by atoms with van der Waals surface area (Å²) >= 11 is 0. The molecule has 74 valence electrons. The zero-order valence-corrected chi connectivity index (χ0v) is 7.47. The van der Waals surface area contributed by atoms with Crippen LogP contribution >= 0.6 is 0 Å². The molecule has 0 spiro atoms. The first kappa shape index (κ1) is 5.80. The number of nitrogens with one attached hydrogen (secondary N) is 1. The molecule has 0 aliphatic carbocycles. The van der Waals surface area contributed by atoms with Crippen molar-refractivity contribution in [3.05, 3.63) is 29.7 Å². The summed E-state index contributed by atoms with van der Waals surface area (Å²) in [6.45, 7) is 1.18. The van der Waals surface area contributed by atoms with Gasteiger partial charge < -0.3 is 10.4 Å². The van der Waals surface area contributed by atoms with Gasteiger partial charge in [-0.25, -0.2) is 0 Å². The molecule has 1 rings (SSSR count). The lowest BCUT2D eigenvalue weighted by Gasteiger charge is -2.02. The van der Waals surface area contributed by atoms with Crippen LogP contribution in [0.1, 0.15) is 18.0 Å². The van der Waals surface area contributed by atoms with E-state index in [1.165, 1.54) is 6.92 Å². The molecule has 0 bridgehead atoms. The van der Waals surface area contributed by atoms with Crippen LogP contribution in [0.5, 0.6) is 0 Å². The summed E-state index contributed by atoms with van der Waals surface area (Å²) in [6, 6.07) is -1.82. The third kappa shape index (κ3) is 3.26. The number of amides is 1. The van der Waals surface area contributed by atoms with Crippen LogP contribution in [0.3, 0.4) is 0 Å². The third-order valence-corrected chi connectivity index (χ3v) is 1.31. The van der Waals surface area contributed by atoms with Crippen molar-refractivity contribution in [2.75, 3.05) is 5.32 Å². The molecule has 0 aromatic heterocycles. The molecule has 0 saturated carbocycles. The Kier molecular flexibility index (Phi) is 1.83. The number of anilines is 1. The zero-order valence-electron chi connectivity index (χ0n) is 11.5. The molecule has 1 amide bonds. The fraction of sp³-hybridized carbons (Fsp3) is 0.200. The summed E-state index contributed by atoms with van der Waals surface area (Å²) < 4.78 is 30.4. The first-order valence-electron chi connectivity index (χ1n) is 5.84. The van der Waals surface area contributed by atoms with Crippen molar-refractivity contribution in [3.63, 3.8) is 0 Å². The highest BCUT2D eigenvalue weighted by Gasteiger charge is 2.00. The second-order valence-electron chi connectivity index (χ2n) is 2.61. The SMILES string of the molecule is [2H]c1c([2H])c(NC(C)=O)c([2H])c([2H])c1CC(=O)O. The number of carboxylic acids is 1. The summed E-state index contributed by atoms with van der Waals surface area (Å²) in [5.41, 5.74) is -0.446. The van der Waals surface area contributed by atoms with Crippen LogP contribution in [0, 0.1) is 0 Å². The number of rotatable bonds is 3. The van der Waals surface area contributed by atoms with Gasteiger partial charge in [0.2, 0.25) is 5.91 Å². The van der Waals surface area contributed by atoms with Gasteiger partial charge in [0.15, 0.2) is 0 Å². The number of hydrogen-bond acceptors (Lipinski definition) is 2. The van der Waals surface area contributed by atoms with E-state index in [-0.39, 0.29) is 11.3 Å². The van der Waals surface area contributed by atoms with Gasteiger partial charge in [0, 0.05) is 12.6 Å². The minimum absolute atomic E-state index is 0.202. The maximum atomic E-state index is 10.9. The topological polar surface area (TPSA) is 66.4 Å². The minimum atomic E-state index is -1.25. The Balaban J connectivity index is 3.44. The number of benzene rings is 1.